The van der Waals surface area contributed by atoms with Crippen molar-refractivity contribution in [1.29, 1.82) is 0 Å². The van der Waals surface area contributed by atoms with Crippen molar-refractivity contribution in [2.24, 2.45) is 0 Å². The maximum atomic E-state index is 4.39. The second-order valence-electron chi connectivity index (χ2n) is 3.46. The quantitative estimate of drug-likeness (QED) is 0.775. The van der Waals surface area contributed by atoms with Crippen LogP contribution in [0.5, 0.6) is 0 Å². The number of hydrogen-bond acceptors (Lipinski definition) is 2. The number of H-pyrrole nitrogens is 1. The maximum absolute atomic E-state index is 4.39. The molecule has 2 N–H and O–H groups in total. The summed E-state index contributed by atoms with van der Waals surface area (Å²) in [5.74, 6) is 0. The molecule has 0 radical (unpaired) electrons. The number of aromatic nitrogens is 3. The third kappa shape index (κ3) is 2.70. The van der Waals surface area contributed by atoms with Crippen LogP contribution in [0, 0.1) is 0 Å². The lowest BCUT2D eigenvalue weighted by Gasteiger charge is -2.00. The van der Waals surface area contributed by atoms with Crippen LogP contribution in [-0.4, -0.2) is 14.8 Å². The van der Waals surface area contributed by atoms with Crippen LogP contribution in [-0.2, 0) is 19.6 Å². The van der Waals surface area contributed by atoms with Crippen LogP contribution in [0.2, 0.25) is 0 Å². The van der Waals surface area contributed by atoms with Gasteiger partial charge in [-0.25, -0.2) is 0 Å². The van der Waals surface area contributed by atoms with Crippen LogP contribution < -0.4 is 5.32 Å². The van der Waals surface area contributed by atoms with Crippen molar-refractivity contribution in [3.05, 3.63) is 42.0 Å². The molecule has 4 heteroatoms. The summed E-state index contributed by atoms with van der Waals surface area (Å²) in [4.78, 5) is 3.15. The Balaban J connectivity index is 1.78. The smallest absolute Gasteiger partial charge is 0.0762 e. The van der Waals surface area contributed by atoms with Gasteiger partial charge in [0.15, 0.2) is 0 Å². The van der Waals surface area contributed by atoms with Crippen molar-refractivity contribution >= 4 is 0 Å². The van der Waals surface area contributed by atoms with Crippen molar-refractivity contribution in [2.45, 2.75) is 26.6 Å². The first-order valence-corrected chi connectivity index (χ1v) is 5.24. The Bertz CT molecular complexity index is 388. The molecule has 0 aromatic carbocycles. The summed E-state index contributed by atoms with van der Waals surface area (Å²) in [5, 5.41) is 7.73. The van der Waals surface area contributed by atoms with Crippen molar-refractivity contribution in [3.63, 3.8) is 0 Å². The summed E-state index contributed by atoms with van der Waals surface area (Å²) in [6.45, 7) is 4.68. The topological polar surface area (TPSA) is 45.6 Å². The van der Waals surface area contributed by atoms with Crippen LogP contribution in [0.15, 0.2) is 30.6 Å². The number of aryl methyl sites for hydroxylation is 1. The van der Waals surface area contributed by atoms with E-state index in [0.29, 0.717) is 0 Å². The molecule has 80 valence electrons. The van der Waals surface area contributed by atoms with E-state index in [-0.39, 0.29) is 0 Å². The first kappa shape index (κ1) is 9.98. The summed E-state index contributed by atoms with van der Waals surface area (Å²) < 4.78 is 1.94. The van der Waals surface area contributed by atoms with Crippen LogP contribution in [0.3, 0.4) is 0 Å². The lowest BCUT2D eigenvalue weighted by molar-refractivity contribution is 0.617. The van der Waals surface area contributed by atoms with E-state index in [1.165, 1.54) is 5.69 Å². The standard InChI is InChI=1S/C11H16N4/c1-2-15-7-5-11(14-15)9-12-8-10-4-3-6-13-10/h3-7,12-13H,2,8-9H2,1H3. The van der Waals surface area contributed by atoms with Gasteiger partial charge in [-0.15, -0.1) is 0 Å². The molecule has 0 saturated heterocycles. The zero-order valence-electron chi connectivity index (χ0n) is 8.90. The molecule has 0 fully saturated rings. The molecule has 0 aliphatic rings. The van der Waals surface area contributed by atoms with Gasteiger partial charge in [0, 0.05) is 37.7 Å². The van der Waals surface area contributed by atoms with Gasteiger partial charge in [0.25, 0.3) is 0 Å². The average molecular weight is 204 g/mol. The fourth-order valence-electron chi connectivity index (χ4n) is 1.48. The highest BCUT2D eigenvalue weighted by Gasteiger charge is 1.97. The number of hydrogen-bond donors (Lipinski definition) is 2. The summed E-state index contributed by atoms with van der Waals surface area (Å²) in [7, 11) is 0. The summed E-state index contributed by atoms with van der Waals surface area (Å²) in [5.41, 5.74) is 2.29. The second-order valence-corrected chi connectivity index (χ2v) is 3.46. The Kier molecular flexibility index (Phi) is 3.19. The molecule has 2 heterocycles. The van der Waals surface area contributed by atoms with Crippen LogP contribution in [0.1, 0.15) is 18.3 Å². The van der Waals surface area contributed by atoms with Gasteiger partial charge < -0.3 is 10.3 Å². The van der Waals surface area contributed by atoms with Gasteiger partial charge in [-0.05, 0) is 25.1 Å². The lowest BCUT2D eigenvalue weighted by Crippen LogP contribution is -2.13. The molecule has 0 spiro atoms. The molecule has 15 heavy (non-hydrogen) atoms. The van der Waals surface area contributed by atoms with Crippen LogP contribution in [0.25, 0.3) is 0 Å². The highest BCUT2D eigenvalue weighted by Crippen LogP contribution is 1.97. The van der Waals surface area contributed by atoms with Crippen molar-refractivity contribution in [3.8, 4) is 0 Å². The summed E-state index contributed by atoms with van der Waals surface area (Å²) >= 11 is 0. The first-order valence-electron chi connectivity index (χ1n) is 5.24. The van der Waals surface area contributed by atoms with Crippen molar-refractivity contribution in [1.82, 2.24) is 20.1 Å². The predicted molar refractivity (Wildman–Crippen MR) is 59.2 cm³/mol. The van der Waals surface area contributed by atoms with Gasteiger partial charge in [0.05, 0.1) is 5.69 Å². The second kappa shape index (κ2) is 4.79. The highest BCUT2D eigenvalue weighted by atomic mass is 15.3. The third-order valence-electron chi connectivity index (χ3n) is 2.30. The van der Waals surface area contributed by atoms with Gasteiger partial charge in [-0.2, -0.15) is 5.10 Å². The monoisotopic (exact) mass is 204 g/mol. The number of nitrogens with one attached hydrogen (secondary N) is 2. The molecule has 2 aromatic heterocycles. The molecule has 0 saturated carbocycles. The van der Waals surface area contributed by atoms with Crippen LogP contribution >= 0.6 is 0 Å². The largest absolute Gasteiger partial charge is 0.364 e. The lowest BCUT2D eigenvalue weighted by atomic mass is 10.4. The Morgan fingerprint density at radius 1 is 1.40 bits per heavy atom. The van der Waals surface area contributed by atoms with E-state index in [1.807, 2.05) is 29.2 Å². The van der Waals surface area contributed by atoms with Gasteiger partial charge >= 0.3 is 0 Å². The minimum atomic E-state index is 0.812. The SMILES string of the molecule is CCn1ccc(CNCc2ccc[nH]2)n1. The minimum absolute atomic E-state index is 0.812. The van der Waals surface area contributed by atoms with Gasteiger partial charge in [0.2, 0.25) is 0 Å². The Labute approximate surface area is 89.3 Å². The Morgan fingerprint density at radius 2 is 2.33 bits per heavy atom. The van der Waals surface area contributed by atoms with Gasteiger partial charge in [-0.3, -0.25) is 4.68 Å². The fourth-order valence-corrected chi connectivity index (χ4v) is 1.48. The molecular formula is C11H16N4. The predicted octanol–water partition coefficient (Wildman–Crippen LogP) is 1.52. The molecular weight excluding hydrogens is 188 g/mol. The van der Waals surface area contributed by atoms with Gasteiger partial charge in [-0.1, -0.05) is 0 Å². The summed E-state index contributed by atoms with van der Waals surface area (Å²) in [6.07, 6.45) is 3.94. The first-order chi connectivity index (χ1) is 7.38. The van der Waals surface area contributed by atoms with E-state index >= 15 is 0 Å². The van der Waals surface area contributed by atoms with E-state index in [1.54, 1.807) is 0 Å². The van der Waals surface area contributed by atoms with E-state index in [9.17, 15) is 0 Å². The molecule has 2 rings (SSSR count). The van der Waals surface area contributed by atoms with E-state index < -0.39 is 0 Å². The maximum Gasteiger partial charge on any atom is 0.0762 e. The molecule has 0 aliphatic carbocycles. The third-order valence-corrected chi connectivity index (χ3v) is 2.30. The summed E-state index contributed by atoms with van der Waals surface area (Å²) in [6, 6.07) is 6.12. The van der Waals surface area contributed by atoms with E-state index in [0.717, 1.165) is 25.3 Å². The van der Waals surface area contributed by atoms with Crippen LogP contribution in [0.4, 0.5) is 0 Å². The zero-order valence-corrected chi connectivity index (χ0v) is 8.90. The average Bonchev–Trinajstić information content (AvgIpc) is 2.88. The van der Waals surface area contributed by atoms with E-state index in [4.69, 9.17) is 0 Å². The molecule has 0 aliphatic heterocycles. The normalized spacial score (nSPS) is 10.7. The molecule has 4 nitrogen and oxygen atoms in total. The molecule has 0 unspecified atom stereocenters. The molecule has 0 bridgehead atoms. The fraction of sp³-hybridized carbons (Fsp3) is 0.364. The number of nitrogens with zero attached hydrogens (tertiary/aromatic N) is 2. The zero-order chi connectivity index (χ0) is 10.5. The number of rotatable bonds is 5. The Morgan fingerprint density at radius 3 is 3.00 bits per heavy atom. The van der Waals surface area contributed by atoms with Gasteiger partial charge in [0.1, 0.15) is 0 Å². The molecule has 0 atom stereocenters. The number of aromatic amines is 1. The van der Waals surface area contributed by atoms with Crippen molar-refractivity contribution in [2.75, 3.05) is 0 Å². The molecule has 2 aromatic rings. The minimum Gasteiger partial charge on any atom is -0.364 e. The van der Waals surface area contributed by atoms with E-state index in [2.05, 4.69) is 28.4 Å². The highest BCUT2D eigenvalue weighted by molar-refractivity contribution is 5.04. The Hall–Kier alpha value is -1.55. The van der Waals surface area contributed by atoms with Crippen molar-refractivity contribution < 1.29 is 0 Å². The molecule has 0 amide bonds.